The zero-order chi connectivity index (χ0) is 13.1. The summed E-state index contributed by atoms with van der Waals surface area (Å²) in [5.41, 5.74) is 3.29. The maximum Gasteiger partial charge on any atom is 0.159 e. The van der Waals surface area contributed by atoms with E-state index in [0.717, 1.165) is 30.2 Å². The minimum Gasteiger partial charge on any atom is -0.368 e. The lowest BCUT2D eigenvalue weighted by Gasteiger charge is -2.22. The summed E-state index contributed by atoms with van der Waals surface area (Å²) in [5.74, 6) is 0.756. The van der Waals surface area contributed by atoms with E-state index >= 15 is 0 Å². The summed E-state index contributed by atoms with van der Waals surface area (Å²) in [7, 11) is 0. The van der Waals surface area contributed by atoms with Gasteiger partial charge in [0.2, 0.25) is 0 Å². The molecule has 19 heavy (non-hydrogen) atoms. The largest absolute Gasteiger partial charge is 0.368 e. The zero-order valence-corrected chi connectivity index (χ0v) is 11.0. The van der Waals surface area contributed by atoms with Gasteiger partial charge in [0.15, 0.2) is 5.82 Å². The molecule has 1 fully saturated rings. The lowest BCUT2D eigenvalue weighted by molar-refractivity contribution is 0.0222. The molecule has 1 aliphatic heterocycles. The molecule has 1 N–H and O–H groups in total. The van der Waals surface area contributed by atoms with Gasteiger partial charge >= 0.3 is 0 Å². The predicted molar refractivity (Wildman–Crippen MR) is 73.8 cm³/mol. The molecule has 1 unspecified atom stereocenters. The molecule has 0 saturated carbocycles. The first-order valence-electron chi connectivity index (χ1n) is 6.55. The van der Waals surface area contributed by atoms with Crippen molar-refractivity contribution >= 4 is 0 Å². The minimum absolute atomic E-state index is 0.0430. The molecule has 0 bridgehead atoms. The fraction of sp³-hybridized carbons (Fsp3) is 0.333. The van der Waals surface area contributed by atoms with Crippen LogP contribution in [-0.4, -0.2) is 29.7 Å². The topological polar surface area (TPSA) is 47.0 Å². The molecular weight excluding hydrogens is 238 g/mol. The molecule has 0 aliphatic carbocycles. The van der Waals surface area contributed by atoms with Gasteiger partial charge in [0.1, 0.15) is 6.10 Å². The molecule has 1 aliphatic rings. The number of rotatable bonds is 2. The molecule has 1 aromatic carbocycles. The fourth-order valence-corrected chi connectivity index (χ4v) is 2.23. The van der Waals surface area contributed by atoms with Crippen molar-refractivity contribution in [2.45, 2.75) is 13.0 Å². The molecule has 1 saturated heterocycles. The van der Waals surface area contributed by atoms with Crippen molar-refractivity contribution in [2.24, 2.45) is 0 Å². The standard InChI is InChI=1S/C15H17N3O/c1-11-3-2-4-12(9-11)13-5-6-17-15(18-13)14-10-16-7-8-19-14/h2-6,9,14,16H,7-8,10H2,1H3. The molecule has 2 heterocycles. The fourth-order valence-electron chi connectivity index (χ4n) is 2.23. The molecule has 1 aromatic heterocycles. The van der Waals surface area contributed by atoms with Gasteiger partial charge < -0.3 is 10.1 Å². The number of aryl methyl sites for hydroxylation is 1. The van der Waals surface area contributed by atoms with Gasteiger partial charge in [0.05, 0.1) is 12.3 Å². The number of hydrogen-bond donors (Lipinski definition) is 1. The molecule has 0 radical (unpaired) electrons. The highest BCUT2D eigenvalue weighted by molar-refractivity contribution is 5.59. The van der Waals surface area contributed by atoms with Crippen LogP contribution < -0.4 is 5.32 Å². The Bertz CT molecular complexity index is 565. The predicted octanol–water partition coefficient (Wildman–Crippen LogP) is 2.11. The number of ether oxygens (including phenoxy) is 1. The van der Waals surface area contributed by atoms with Crippen molar-refractivity contribution in [3.8, 4) is 11.3 Å². The molecule has 0 amide bonds. The van der Waals surface area contributed by atoms with E-state index in [-0.39, 0.29) is 6.10 Å². The molecule has 4 nitrogen and oxygen atoms in total. The van der Waals surface area contributed by atoms with E-state index in [1.54, 1.807) is 6.20 Å². The van der Waals surface area contributed by atoms with Crippen LogP contribution in [-0.2, 0) is 4.74 Å². The first-order valence-corrected chi connectivity index (χ1v) is 6.55. The number of nitrogens with one attached hydrogen (secondary N) is 1. The number of aromatic nitrogens is 2. The van der Waals surface area contributed by atoms with Gasteiger partial charge in [-0.15, -0.1) is 0 Å². The molecule has 2 aromatic rings. The van der Waals surface area contributed by atoms with Crippen LogP contribution in [0.3, 0.4) is 0 Å². The highest BCUT2D eigenvalue weighted by atomic mass is 16.5. The molecule has 3 rings (SSSR count). The van der Waals surface area contributed by atoms with E-state index in [1.807, 2.05) is 12.1 Å². The average Bonchev–Trinajstić information content (AvgIpc) is 2.48. The van der Waals surface area contributed by atoms with E-state index in [9.17, 15) is 0 Å². The van der Waals surface area contributed by atoms with Crippen LogP contribution in [0.15, 0.2) is 36.5 Å². The quantitative estimate of drug-likeness (QED) is 0.893. The summed E-state index contributed by atoms with van der Waals surface area (Å²) in [6.45, 7) is 4.47. The Morgan fingerprint density at radius 2 is 2.26 bits per heavy atom. The lowest BCUT2D eigenvalue weighted by atomic mass is 10.1. The van der Waals surface area contributed by atoms with Crippen molar-refractivity contribution < 1.29 is 4.74 Å². The van der Waals surface area contributed by atoms with Crippen LogP contribution in [0.2, 0.25) is 0 Å². The Morgan fingerprint density at radius 3 is 3.05 bits per heavy atom. The van der Waals surface area contributed by atoms with E-state index in [2.05, 4.69) is 40.4 Å². The minimum atomic E-state index is -0.0430. The maximum absolute atomic E-state index is 5.69. The van der Waals surface area contributed by atoms with Crippen molar-refractivity contribution in [1.29, 1.82) is 0 Å². The average molecular weight is 255 g/mol. The maximum atomic E-state index is 5.69. The third-order valence-electron chi connectivity index (χ3n) is 3.20. The third-order valence-corrected chi connectivity index (χ3v) is 3.20. The molecular formula is C15H17N3O. The van der Waals surface area contributed by atoms with Crippen LogP contribution in [0.25, 0.3) is 11.3 Å². The van der Waals surface area contributed by atoms with Gasteiger partial charge in [-0.05, 0) is 19.1 Å². The van der Waals surface area contributed by atoms with Gasteiger partial charge in [-0.3, -0.25) is 0 Å². The van der Waals surface area contributed by atoms with Crippen LogP contribution >= 0.6 is 0 Å². The van der Waals surface area contributed by atoms with E-state index in [4.69, 9.17) is 4.74 Å². The van der Waals surface area contributed by atoms with E-state index in [0.29, 0.717) is 6.61 Å². The monoisotopic (exact) mass is 255 g/mol. The Balaban J connectivity index is 1.91. The summed E-state index contributed by atoms with van der Waals surface area (Å²) in [6, 6.07) is 10.3. The Kier molecular flexibility index (Phi) is 3.53. The van der Waals surface area contributed by atoms with Crippen LogP contribution in [0, 0.1) is 6.92 Å². The normalized spacial score (nSPS) is 19.3. The van der Waals surface area contributed by atoms with Crippen LogP contribution in [0.4, 0.5) is 0 Å². The number of nitrogens with zero attached hydrogens (tertiary/aromatic N) is 2. The lowest BCUT2D eigenvalue weighted by Crippen LogP contribution is -2.34. The van der Waals surface area contributed by atoms with Crippen LogP contribution in [0.1, 0.15) is 17.5 Å². The summed E-state index contributed by atoms with van der Waals surface area (Å²) in [4.78, 5) is 8.97. The second-order valence-electron chi connectivity index (χ2n) is 4.73. The summed E-state index contributed by atoms with van der Waals surface area (Å²) in [6.07, 6.45) is 1.76. The van der Waals surface area contributed by atoms with Gasteiger partial charge in [0.25, 0.3) is 0 Å². The number of benzene rings is 1. The van der Waals surface area contributed by atoms with Crippen LogP contribution in [0.5, 0.6) is 0 Å². The Morgan fingerprint density at radius 1 is 1.32 bits per heavy atom. The highest BCUT2D eigenvalue weighted by Gasteiger charge is 2.18. The van der Waals surface area contributed by atoms with Gasteiger partial charge in [-0.1, -0.05) is 23.8 Å². The van der Waals surface area contributed by atoms with E-state index < -0.39 is 0 Å². The summed E-state index contributed by atoms with van der Waals surface area (Å²) < 4.78 is 5.69. The number of hydrogen-bond acceptors (Lipinski definition) is 4. The first-order chi connectivity index (χ1) is 9.33. The van der Waals surface area contributed by atoms with Crippen molar-refractivity contribution in [2.75, 3.05) is 19.7 Å². The number of morpholine rings is 1. The van der Waals surface area contributed by atoms with Gasteiger partial charge in [-0.25, -0.2) is 9.97 Å². The Labute approximate surface area is 112 Å². The van der Waals surface area contributed by atoms with Crippen molar-refractivity contribution in [1.82, 2.24) is 15.3 Å². The van der Waals surface area contributed by atoms with E-state index in [1.165, 1.54) is 5.56 Å². The van der Waals surface area contributed by atoms with Gasteiger partial charge in [0, 0.05) is 24.8 Å². The first kappa shape index (κ1) is 12.3. The summed E-state index contributed by atoms with van der Waals surface area (Å²) >= 11 is 0. The molecule has 0 spiro atoms. The van der Waals surface area contributed by atoms with Gasteiger partial charge in [-0.2, -0.15) is 0 Å². The molecule has 98 valence electrons. The summed E-state index contributed by atoms with van der Waals surface area (Å²) in [5, 5.41) is 3.30. The van der Waals surface area contributed by atoms with Crippen molar-refractivity contribution in [3.05, 3.63) is 47.9 Å². The smallest absolute Gasteiger partial charge is 0.159 e. The third kappa shape index (κ3) is 2.80. The molecule has 4 heteroatoms. The molecule has 1 atom stereocenters. The highest BCUT2D eigenvalue weighted by Crippen LogP contribution is 2.21. The second-order valence-corrected chi connectivity index (χ2v) is 4.73. The Hall–Kier alpha value is -1.78. The second kappa shape index (κ2) is 5.47. The SMILES string of the molecule is Cc1cccc(-c2ccnc(C3CNCCO3)n2)c1. The zero-order valence-electron chi connectivity index (χ0n) is 11.0. The van der Waals surface area contributed by atoms with Crippen molar-refractivity contribution in [3.63, 3.8) is 0 Å².